The highest BCUT2D eigenvalue weighted by molar-refractivity contribution is 7.25. The Kier molecular flexibility index (Phi) is 7.61. The van der Waals surface area contributed by atoms with Crippen LogP contribution in [0.15, 0.2) is 115 Å². The highest BCUT2D eigenvalue weighted by Crippen LogP contribution is 2.58. The van der Waals surface area contributed by atoms with E-state index in [0.717, 1.165) is 0 Å². The third kappa shape index (κ3) is 5.24. The quantitative estimate of drug-likeness (QED) is 0.149. The van der Waals surface area contributed by atoms with Gasteiger partial charge in [-0.3, -0.25) is 0 Å². The van der Waals surface area contributed by atoms with Crippen molar-refractivity contribution in [3.8, 4) is 27.9 Å². The molecule has 7 aromatic carbocycles. The van der Waals surface area contributed by atoms with Gasteiger partial charge in [0.05, 0.1) is 11.0 Å². The van der Waals surface area contributed by atoms with Crippen molar-refractivity contribution in [2.75, 3.05) is 4.81 Å². The average Bonchev–Trinajstić information content (AvgIpc) is 3.86. The molecule has 0 amide bonds. The maximum atomic E-state index is 2.75. The van der Waals surface area contributed by atoms with E-state index < -0.39 is 0 Å². The van der Waals surface area contributed by atoms with Crippen molar-refractivity contribution in [2.45, 2.75) is 123 Å². The monoisotopic (exact) mass is 862 g/mol. The molecule has 65 heavy (non-hydrogen) atoms. The first-order valence-corrected chi connectivity index (χ1v) is 24.9. The summed E-state index contributed by atoms with van der Waals surface area (Å²) in [6.45, 7) is 28.9. The van der Waals surface area contributed by atoms with Gasteiger partial charge in [0.2, 0.25) is 0 Å². The molecule has 2 aliphatic carbocycles. The van der Waals surface area contributed by atoms with Crippen molar-refractivity contribution in [1.82, 2.24) is 4.57 Å². The molecule has 2 nitrogen and oxygen atoms in total. The fraction of sp³-hybridized carbons (Fsp3) is 0.311. The van der Waals surface area contributed by atoms with Crippen LogP contribution in [0, 0.1) is 0 Å². The highest BCUT2D eigenvalue weighted by Gasteiger charge is 2.48. The SMILES string of the molecule is CC(C)(C)c1ccc(N2B3c4cc(C(C)(C)C)ccc4-n4c5cc6c(cc5c5ccc(c3c54)-c3cc4c(cc32)-c2cc3c(cc2C4(C)C)C(C)(C)CCC3(C)C)sc2ccccc26)cc1. The number of rotatable bonds is 1. The second-order valence-corrected chi connectivity index (χ2v) is 25.1. The average molecular weight is 863 g/mol. The van der Waals surface area contributed by atoms with Crippen LogP contribution in [0.4, 0.5) is 11.4 Å². The zero-order chi connectivity index (χ0) is 45.1. The van der Waals surface area contributed by atoms with Gasteiger partial charge in [-0.05, 0) is 150 Å². The number of nitrogens with zero attached hydrogens (tertiary/aromatic N) is 2. The lowest BCUT2D eigenvalue weighted by Gasteiger charge is -2.43. The summed E-state index contributed by atoms with van der Waals surface area (Å²) < 4.78 is 5.35. The number of aromatic nitrogens is 1. The van der Waals surface area contributed by atoms with E-state index in [9.17, 15) is 0 Å². The third-order valence-corrected chi connectivity index (χ3v) is 17.9. The zero-order valence-corrected chi connectivity index (χ0v) is 41.1. The van der Waals surface area contributed by atoms with E-state index in [-0.39, 0.29) is 33.9 Å². The summed E-state index contributed by atoms with van der Waals surface area (Å²) in [5.74, 6) is 0. The Morgan fingerprint density at radius 2 is 1.15 bits per heavy atom. The molecule has 322 valence electrons. The first-order valence-electron chi connectivity index (χ1n) is 24.1. The number of hydrogen-bond donors (Lipinski definition) is 0. The van der Waals surface area contributed by atoms with Crippen molar-refractivity contribution < 1.29 is 0 Å². The minimum Gasteiger partial charge on any atom is -0.376 e. The summed E-state index contributed by atoms with van der Waals surface area (Å²) in [5, 5.41) is 5.36. The molecule has 0 atom stereocenters. The molecule has 2 aliphatic heterocycles. The van der Waals surface area contributed by atoms with Gasteiger partial charge in [0, 0.05) is 59.0 Å². The van der Waals surface area contributed by atoms with Gasteiger partial charge in [-0.15, -0.1) is 11.3 Å². The van der Waals surface area contributed by atoms with Crippen LogP contribution >= 0.6 is 11.3 Å². The maximum absolute atomic E-state index is 2.75. The van der Waals surface area contributed by atoms with E-state index in [1.165, 1.54) is 133 Å². The van der Waals surface area contributed by atoms with Crippen LogP contribution in [0.2, 0.25) is 0 Å². The largest absolute Gasteiger partial charge is 0.376 e. The summed E-state index contributed by atoms with van der Waals surface area (Å²) in [6.07, 6.45) is 2.42. The van der Waals surface area contributed by atoms with E-state index in [1.807, 2.05) is 11.3 Å². The maximum Gasteiger partial charge on any atom is 0.333 e. The van der Waals surface area contributed by atoms with E-state index in [2.05, 4.69) is 208 Å². The molecule has 0 bridgehead atoms. The molecule has 9 aromatic rings. The van der Waals surface area contributed by atoms with Gasteiger partial charge in [-0.1, -0.05) is 144 Å². The van der Waals surface area contributed by atoms with E-state index in [0.29, 0.717) is 0 Å². The molecule has 13 rings (SSSR count). The first-order chi connectivity index (χ1) is 30.7. The van der Waals surface area contributed by atoms with Gasteiger partial charge >= 0.3 is 6.85 Å². The Hall–Kier alpha value is -5.58. The normalized spacial score (nSPS) is 17.4. The van der Waals surface area contributed by atoms with E-state index in [4.69, 9.17) is 0 Å². The summed E-state index contributed by atoms with van der Waals surface area (Å²) in [4.78, 5) is 2.75. The fourth-order valence-corrected chi connectivity index (χ4v) is 13.9. The lowest BCUT2D eigenvalue weighted by atomic mass is 9.43. The Morgan fingerprint density at radius 1 is 0.508 bits per heavy atom. The molecule has 0 fully saturated rings. The van der Waals surface area contributed by atoms with E-state index in [1.54, 1.807) is 5.56 Å². The topological polar surface area (TPSA) is 8.17 Å². The molecular weight excluding hydrogens is 804 g/mol. The van der Waals surface area contributed by atoms with Crippen LogP contribution in [0.3, 0.4) is 0 Å². The molecule has 4 aliphatic rings. The van der Waals surface area contributed by atoms with Crippen molar-refractivity contribution in [3.63, 3.8) is 0 Å². The minimum absolute atomic E-state index is 0.0198. The Bertz CT molecular complexity index is 3600. The van der Waals surface area contributed by atoms with Gasteiger partial charge in [-0.2, -0.15) is 0 Å². The molecule has 0 saturated carbocycles. The zero-order valence-electron chi connectivity index (χ0n) is 40.3. The summed E-state index contributed by atoms with van der Waals surface area (Å²) in [6, 6.07) is 46.4. The molecule has 0 radical (unpaired) electrons. The number of benzene rings is 7. The van der Waals surface area contributed by atoms with Crippen LogP contribution in [0.1, 0.15) is 129 Å². The Labute approximate surface area is 389 Å². The Morgan fingerprint density at radius 3 is 1.88 bits per heavy atom. The second-order valence-electron chi connectivity index (χ2n) is 24.1. The standard InChI is InChI=1S/C61H59BN2S/c1-57(2,3)34-17-20-36(21-18-34)64-52-30-41-40-28-47-48(60(9,10)26-25-59(47,7)8)33-46(40)61(11,12)45(41)29-42(52)38-22-23-39-43-32-54-44(37-15-13-14-16-53(37)65-54)31-51(43)63-50-24-19-35(58(4,5)6)27-49(50)62(64)55(38)56(39)63/h13-24,27-33H,25-26H2,1-12H3. The predicted octanol–water partition coefficient (Wildman–Crippen LogP) is 15.6. The summed E-state index contributed by atoms with van der Waals surface area (Å²) >= 11 is 1.92. The van der Waals surface area contributed by atoms with Crippen molar-refractivity contribution >= 4 is 82.5 Å². The smallest absolute Gasteiger partial charge is 0.333 e. The van der Waals surface area contributed by atoms with Crippen LogP contribution in [0.25, 0.3) is 69.9 Å². The van der Waals surface area contributed by atoms with Gasteiger partial charge in [0.15, 0.2) is 0 Å². The van der Waals surface area contributed by atoms with Gasteiger partial charge in [0.25, 0.3) is 0 Å². The molecule has 4 heteroatoms. The molecule has 0 N–H and O–H groups in total. The number of fused-ring (bicyclic) bond motifs is 15. The van der Waals surface area contributed by atoms with Crippen molar-refractivity contribution in [2.24, 2.45) is 0 Å². The number of hydrogen-bond acceptors (Lipinski definition) is 2. The second kappa shape index (κ2) is 12.4. The number of thiophene rings is 1. The minimum atomic E-state index is -0.151. The van der Waals surface area contributed by atoms with Gasteiger partial charge in [-0.25, -0.2) is 0 Å². The van der Waals surface area contributed by atoms with E-state index >= 15 is 0 Å². The summed E-state index contributed by atoms with van der Waals surface area (Å²) in [7, 11) is 0. The van der Waals surface area contributed by atoms with Gasteiger partial charge < -0.3 is 9.38 Å². The van der Waals surface area contributed by atoms with Crippen molar-refractivity contribution in [3.05, 3.63) is 149 Å². The van der Waals surface area contributed by atoms with Crippen molar-refractivity contribution in [1.29, 1.82) is 0 Å². The third-order valence-electron chi connectivity index (χ3n) is 16.8. The van der Waals surface area contributed by atoms with Crippen LogP contribution in [-0.2, 0) is 27.1 Å². The van der Waals surface area contributed by atoms with Crippen LogP contribution in [0.5, 0.6) is 0 Å². The van der Waals surface area contributed by atoms with Crippen LogP contribution in [-0.4, -0.2) is 11.4 Å². The molecule has 2 aromatic heterocycles. The molecule has 4 heterocycles. The predicted molar refractivity (Wildman–Crippen MR) is 283 cm³/mol. The molecule has 0 spiro atoms. The molecule has 0 unspecified atom stereocenters. The number of anilines is 2. The van der Waals surface area contributed by atoms with Gasteiger partial charge in [0.1, 0.15) is 0 Å². The van der Waals surface area contributed by atoms with Crippen LogP contribution < -0.4 is 15.7 Å². The first kappa shape index (κ1) is 39.8. The highest BCUT2D eigenvalue weighted by atomic mass is 32.1. The molecule has 0 saturated heterocycles. The lowest BCUT2D eigenvalue weighted by molar-refractivity contribution is 0.331. The lowest BCUT2D eigenvalue weighted by Crippen LogP contribution is -2.60. The fourth-order valence-electron chi connectivity index (χ4n) is 12.8. The Balaban J connectivity index is 1.16. The summed E-state index contributed by atoms with van der Waals surface area (Å²) in [5.41, 5.74) is 23.6. The molecular formula is C61H59BN2S.